The topological polar surface area (TPSA) is 64.6 Å². The summed E-state index contributed by atoms with van der Waals surface area (Å²) in [4.78, 5) is 23.8. The Kier molecular flexibility index (Phi) is 8.15. The number of carbonyl (C=O) groups is 2. The number of carbonyl (C=O) groups excluding carboxylic acids is 2. The van der Waals surface area contributed by atoms with E-state index < -0.39 is 5.97 Å². The molecule has 0 aliphatic heterocycles. The Morgan fingerprint density at radius 3 is 2.38 bits per heavy atom. The Bertz CT molecular complexity index is 704. The molecule has 1 N–H and O–H groups in total. The zero-order chi connectivity index (χ0) is 18.8. The summed E-state index contributed by atoms with van der Waals surface area (Å²) in [7, 11) is 0. The number of benzene rings is 2. The second kappa shape index (κ2) is 10.6. The molecule has 0 spiro atoms. The molecule has 0 radical (unpaired) electrons. The van der Waals surface area contributed by atoms with Crippen molar-refractivity contribution in [3.63, 3.8) is 0 Å². The monoisotopic (exact) mass is 419 g/mol. The Labute approximate surface area is 161 Å². The van der Waals surface area contributed by atoms with Gasteiger partial charge >= 0.3 is 5.97 Å². The van der Waals surface area contributed by atoms with Gasteiger partial charge in [0.15, 0.2) is 13.2 Å². The molecule has 0 unspecified atom stereocenters. The molecule has 5 nitrogen and oxygen atoms in total. The molecule has 0 aliphatic carbocycles. The molecule has 138 valence electrons. The lowest BCUT2D eigenvalue weighted by Gasteiger charge is -2.18. The number of nitrogens with one attached hydrogen (secondary N) is 1. The van der Waals surface area contributed by atoms with E-state index in [1.54, 1.807) is 12.1 Å². The molecule has 6 heteroatoms. The second-order valence-corrected chi connectivity index (χ2v) is 6.64. The van der Waals surface area contributed by atoms with Crippen LogP contribution in [0, 0.1) is 0 Å². The van der Waals surface area contributed by atoms with Gasteiger partial charge in [-0.05, 0) is 36.2 Å². The highest BCUT2D eigenvalue weighted by Gasteiger charge is 2.15. The SMILES string of the molecule is CCC[C@H](NC(=O)COC(=O)COc1ccc(Br)cc1)c1ccccc1. The van der Waals surface area contributed by atoms with E-state index in [9.17, 15) is 9.59 Å². The molecule has 26 heavy (non-hydrogen) atoms. The summed E-state index contributed by atoms with van der Waals surface area (Å²) in [6.07, 6.45) is 1.75. The Hall–Kier alpha value is -2.34. The Morgan fingerprint density at radius 1 is 1.04 bits per heavy atom. The fourth-order valence-corrected chi connectivity index (χ4v) is 2.66. The summed E-state index contributed by atoms with van der Waals surface area (Å²) in [6.45, 7) is 1.49. The summed E-state index contributed by atoms with van der Waals surface area (Å²) in [5, 5.41) is 2.91. The van der Waals surface area contributed by atoms with Crippen molar-refractivity contribution >= 4 is 27.8 Å². The summed E-state index contributed by atoms with van der Waals surface area (Å²) >= 11 is 3.32. The molecule has 0 fully saturated rings. The lowest BCUT2D eigenvalue weighted by atomic mass is 10.0. The minimum absolute atomic E-state index is 0.0913. The largest absolute Gasteiger partial charge is 0.482 e. The summed E-state index contributed by atoms with van der Waals surface area (Å²) in [5.74, 6) is -0.360. The number of amides is 1. The average molecular weight is 420 g/mol. The highest BCUT2D eigenvalue weighted by atomic mass is 79.9. The van der Waals surface area contributed by atoms with Gasteiger partial charge in [0.2, 0.25) is 0 Å². The van der Waals surface area contributed by atoms with Crippen molar-refractivity contribution in [3.05, 3.63) is 64.6 Å². The molecule has 0 saturated carbocycles. The summed E-state index contributed by atoms with van der Waals surface area (Å²) in [5.41, 5.74) is 1.03. The first-order valence-corrected chi connectivity index (χ1v) is 9.26. The van der Waals surface area contributed by atoms with E-state index in [0.29, 0.717) is 5.75 Å². The number of rotatable bonds is 9. The number of hydrogen-bond acceptors (Lipinski definition) is 4. The van der Waals surface area contributed by atoms with Crippen LogP contribution < -0.4 is 10.1 Å². The molecule has 0 bridgehead atoms. The van der Waals surface area contributed by atoms with Gasteiger partial charge in [0.05, 0.1) is 6.04 Å². The van der Waals surface area contributed by atoms with E-state index in [2.05, 4.69) is 28.2 Å². The highest BCUT2D eigenvalue weighted by molar-refractivity contribution is 9.10. The number of ether oxygens (including phenoxy) is 2. The zero-order valence-electron chi connectivity index (χ0n) is 14.6. The van der Waals surface area contributed by atoms with Gasteiger partial charge in [-0.15, -0.1) is 0 Å². The van der Waals surface area contributed by atoms with Crippen molar-refractivity contribution in [2.45, 2.75) is 25.8 Å². The molecule has 0 saturated heterocycles. The maximum atomic E-state index is 12.1. The van der Waals surface area contributed by atoms with Crippen molar-refractivity contribution in [2.75, 3.05) is 13.2 Å². The minimum Gasteiger partial charge on any atom is -0.482 e. The van der Waals surface area contributed by atoms with Crippen molar-refractivity contribution < 1.29 is 19.1 Å². The first-order valence-electron chi connectivity index (χ1n) is 8.46. The Balaban J connectivity index is 1.75. The summed E-state index contributed by atoms with van der Waals surface area (Å²) in [6, 6.07) is 16.7. The van der Waals surface area contributed by atoms with Gasteiger partial charge in [-0.25, -0.2) is 4.79 Å². The smallest absolute Gasteiger partial charge is 0.344 e. The van der Waals surface area contributed by atoms with Crippen LogP contribution >= 0.6 is 15.9 Å². The van der Waals surface area contributed by atoms with Crippen LogP contribution in [0.3, 0.4) is 0 Å². The fourth-order valence-electron chi connectivity index (χ4n) is 2.39. The van der Waals surface area contributed by atoms with Crippen LogP contribution in [0.2, 0.25) is 0 Å². The third-order valence-electron chi connectivity index (χ3n) is 3.65. The van der Waals surface area contributed by atoms with Crippen molar-refractivity contribution in [3.8, 4) is 5.75 Å². The standard InChI is InChI=1S/C20H22BrNO4/c1-2-6-18(15-7-4-3-5-8-15)22-19(23)13-26-20(24)14-25-17-11-9-16(21)10-12-17/h3-5,7-12,18H,2,6,13-14H2,1H3,(H,22,23)/t18-/m0/s1. The average Bonchev–Trinajstić information content (AvgIpc) is 2.66. The second-order valence-electron chi connectivity index (χ2n) is 5.72. The first-order chi connectivity index (χ1) is 12.6. The quantitative estimate of drug-likeness (QED) is 0.623. The van der Waals surface area contributed by atoms with E-state index in [-0.39, 0.29) is 25.2 Å². The van der Waals surface area contributed by atoms with Crippen LogP contribution in [0.1, 0.15) is 31.4 Å². The van der Waals surface area contributed by atoms with Crippen LogP contribution in [-0.2, 0) is 14.3 Å². The molecule has 1 atom stereocenters. The molecule has 2 aromatic carbocycles. The molecular formula is C20H22BrNO4. The van der Waals surface area contributed by atoms with Gasteiger partial charge in [0, 0.05) is 4.47 Å². The van der Waals surface area contributed by atoms with Gasteiger partial charge in [-0.2, -0.15) is 0 Å². The van der Waals surface area contributed by atoms with Gasteiger partial charge in [0.25, 0.3) is 5.91 Å². The van der Waals surface area contributed by atoms with Gasteiger partial charge in [-0.1, -0.05) is 59.6 Å². The van der Waals surface area contributed by atoms with Crippen LogP contribution in [0.15, 0.2) is 59.1 Å². The minimum atomic E-state index is -0.588. The van der Waals surface area contributed by atoms with Crippen LogP contribution in [0.25, 0.3) is 0 Å². The number of hydrogen-bond donors (Lipinski definition) is 1. The van der Waals surface area contributed by atoms with Crippen molar-refractivity contribution in [1.82, 2.24) is 5.32 Å². The van der Waals surface area contributed by atoms with Crippen molar-refractivity contribution in [1.29, 1.82) is 0 Å². The first kappa shape index (κ1) is 20.0. The third kappa shape index (κ3) is 6.88. The number of halogens is 1. The van der Waals surface area contributed by atoms with E-state index in [4.69, 9.17) is 9.47 Å². The lowest BCUT2D eigenvalue weighted by molar-refractivity contribution is -0.150. The molecule has 0 heterocycles. The third-order valence-corrected chi connectivity index (χ3v) is 4.18. The maximum Gasteiger partial charge on any atom is 0.344 e. The van der Waals surface area contributed by atoms with Gasteiger partial charge in [-0.3, -0.25) is 4.79 Å². The normalized spacial score (nSPS) is 11.5. The molecule has 2 aromatic rings. The zero-order valence-corrected chi connectivity index (χ0v) is 16.2. The van der Waals surface area contributed by atoms with E-state index in [1.807, 2.05) is 42.5 Å². The van der Waals surface area contributed by atoms with Gasteiger partial charge in [0.1, 0.15) is 5.75 Å². The van der Waals surface area contributed by atoms with E-state index in [1.165, 1.54) is 0 Å². The molecule has 0 aliphatic rings. The van der Waals surface area contributed by atoms with Gasteiger partial charge < -0.3 is 14.8 Å². The van der Waals surface area contributed by atoms with Crippen LogP contribution in [0.4, 0.5) is 0 Å². The lowest BCUT2D eigenvalue weighted by Crippen LogP contribution is -2.33. The molecule has 0 aromatic heterocycles. The fraction of sp³-hybridized carbons (Fsp3) is 0.300. The summed E-state index contributed by atoms with van der Waals surface area (Å²) < 4.78 is 11.2. The molecule has 1 amide bonds. The van der Waals surface area contributed by atoms with Crippen LogP contribution in [-0.4, -0.2) is 25.1 Å². The van der Waals surface area contributed by atoms with Crippen molar-refractivity contribution in [2.24, 2.45) is 0 Å². The van der Waals surface area contributed by atoms with Crippen LogP contribution in [0.5, 0.6) is 5.75 Å². The highest BCUT2D eigenvalue weighted by Crippen LogP contribution is 2.18. The number of esters is 1. The Morgan fingerprint density at radius 2 is 1.73 bits per heavy atom. The molecular weight excluding hydrogens is 398 g/mol. The predicted molar refractivity (Wildman–Crippen MR) is 103 cm³/mol. The molecule has 2 rings (SSSR count). The maximum absolute atomic E-state index is 12.1. The van der Waals surface area contributed by atoms with E-state index in [0.717, 1.165) is 22.9 Å². The predicted octanol–water partition coefficient (Wildman–Crippen LogP) is 4.03. The van der Waals surface area contributed by atoms with E-state index >= 15 is 0 Å².